The third-order valence-corrected chi connectivity index (χ3v) is 5.80. The lowest BCUT2D eigenvalue weighted by Crippen LogP contribution is -2.44. The molecule has 0 bridgehead atoms. The molecular formula is C24H28F2N2O3. The number of hydrogen-bond acceptors (Lipinski definition) is 4. The van der Waals surface area contributed by atoms with Crippen molar-refractivity contribution in [3.8, 4) is 11.5 Å². The number of ether oxygens (including phenoxy) is 2. The molecule has 0 radical (unpaired) electrons. The number of carbonyl (C=O) groups excluding carboxylic acids is 1. The summed E-state index contributed by atoms with van der Waals surface area (Å²) in [5.74, 6) is -0.0686. The van der Waals surface area contributed by atoms with Crippen LogP contribution in [0.15, 0.2) is 36.4 Å². The fourth-order valence-electron chi connectivity index (χ4n) is 4.05. The minimum Gasteiger partial charge on any atom is -0.490 e. The lowest BCUT2D eigenvalue weighted by molar-refractivity contribution is -0.122. The number of likely N-dealkylation sites (tertiary alicyclic amines) is 1. The van der Waals surface area contributed by atoms with Crippen LogP contribution in [0.2, 0.25) is 0 Å². The first-order valence-corrected chi connectivity index (χ1v) is 10.9. The van der Waals surface area contributed by atoms with E-state index in [2.05, 4.69) is 10.2 Å². The van der Waals surface area contributed by atoms with E-state index in [1.54, 1.807) is 6.07 Å². The zero-order valence-electron chi connectivity index (χ0n) is 17.5. The highest BCUT2D eigenvalue weighted by atomic mass is 19.2. The molecule has 5 nitrogen and oxygen atoms in total. The predicted molar refractivity (Wildman–Crippen MR) is 113 cm³/mol. The largest absolute Gasteiger partial charge is 0.490 e. The minimum atomic E-state index is -0.822. The Morgan fingerprint density at radius 2 is 1.71 bits per heavy atom. The van der Waals surface area contributed by atoms with Crippen molar-refractivity contribution in [1.82, 2.24) is 10.2 Å². The van der Waals surface area contributed by atoms with Crippen LogP contribution < -0.4 is 14.8 Å². The van der Waals surface area contributed by atoms with Crippen LogP contribution in [0.25, 0.3) is 0 Å². The number of halogens is 2. The minimum absolute atomic E-state index is 0.0474. The van der Waals surface area contributed by atoms with Crippen molar-refractivity contribution in [1.29, 1.82) is 0 Å². The molecule has 4 rings (SSSR count). The Hall–Kier alpha value is -2.67. The zero-order valence-corrected chi connectivity index (χ0v) is 17.5. The van der Waals surface area contributed by atoms with Crippen molar-refractivity contribution in [2.45, 2.75) is 44.7 Å². The SMILES string of the molecule is O=C(CCc1ccc2c(c1)OCCCO2)NC1CCN(Cc2ccc(F)c(F)c2)CC1. The van der Waals surface area contributed by atoms with Gasteiger partial charge in [0.1, 0.15) is 0 Å². The van der Waals surface area contributed by atoms with Crippen LogP contribution in [0, 0.1) is 11.6 Å². The molecule has 7 heteroatoms. The van der Waals surface area contributed by atoms with Crippen molar-refractivity contribution in [2.75, 3.05) is 26.3 Å². The molecule has 31 heavy (non-hydrogen) atoms. The summed E-state index contributed by atoms with van der Waals surface area (Å²) in [4.78, 5) is 14.6. The van der Waals surface area contributed by atoms with Crippen LogP contribution in [-0.4, -0.2) is 43.2 Å². The first-order chi connectivity index (χ1) is 15.1. The third-order valence-electron chi connectivity index (χ3n) is 5.80. The van der Waals surface area contributed by atoms with E-state index in [1.807, 2.05) is 18.2 Å². The second-order valence-electron chi connectivity index (χ2n) is 8.20. The highest BCUT2D eigenvalue weighted by Crippen LogP contribution is 2.30. The normalized spacial score (nSPS) is 17.2. The average molecular weight is 430 g/mol. The van der Waals surface area contributed by atoms with Gasteiger partial charge in [-0.2, -0.15) is 0 Å². The molecule has 1 saturated heterocycles. The van der Waals surface area contributed by atoms with Gasteiger partial charge in [0.15, 0.2) is 23.1 Å². The van der Waals surface area contributed by atoms with Gasteiger partial charge >= 0.3 is 0 Å². The highest BCUT2D eigenvalue weighted by Gasteiger charge is 2.21. The molecule has 1 fully saturated rings. The Labute approximate surface area is 181 Å². The van der Waals surface area contributed by atoms with Gasteiger partial charge in [-0.15, -0.1) is 0 Å². The molecular weight excluding hydrogens is 402 g/mol. The third kappa shape index (κ3) is 5.94. The van der Waals surface area contributed by atoms with Gasteiger partial charge in [-0.1, -0.05) is 12.1 Å². The van der Waals surface area contributed by atoms with Crippen LogP contribution in [0.4, 0.5) is 8.78 Å². The molecule has 0 atom stereocenters. The summed E-state index contributed by atoms with van der Waals surface area (Å²) in [7, 11) is 0. The lowest BCUT2D eigenvalue weighted by Gasteiger charge is -2.32. The fraction of sp³-hybridized carbons (Fsp3) is 0.458. The number of aryl methyl sites for hydroxylation is 1. The Bertz CT molecular complexity index is 914. The van der Waals surface area contributed by atoms with Crippen LogP contribution >= 0.6 is 0 Å². The molecule has 0 aromatic heterocycles. The Balaban J connectivity index is 1.19. The van der Waals surface area contributed by atoms with Gasteiger partial charge in [-0.25, -0.2) is 8.78 Å². The van der Waals surface area contributed by atoms with Crippen molar-refractivity contribution in [3.05, 3.63) is 59.2 Å². The van der Waals surface area contributed by atoms with Crippen LogP contribution in [0.1, 0.15) is 36.8 Å². The van der Waals surface area contributed by atoms with Gasteiger partial charge < -0.3 is 14.8 Å². The molecule has 2 aromatic rings. The maximum absolute atomic E-state index is 13.4. The van der Waals surface area contributed by atoms with E-state index in [-0.39, 0.29) is 11.9 Å². The lowest BCUT2D eigenvalue weighted by atomic mass is 10.0. The van der Waals surface area contributed by atoms with Crippen molar-refractivity contribution in [2.24, 2.45) is 0 Å². The maximum Gasteiger partial charge on any atom is 0.220 e. The standard InChI is InChI=1S/C24H28F2N2O3/c25-20-5-2-18(14-21(20)26)16-28-10-8-19(9-11-28)27-24(29)7-4-17-3-6-22-23(15-17)31-13-1-12-30-22/h2-3,5-6,14-15,19H,1,4,7-13,16H2,(H,27,29). The van der Waals surface area contributed by atoms with Gasteiger partial charge in [0.05, 0.1) is 13.2 Å². The molecule has 2 aliphatic heterocycles. The second-order valence-corrected chi connectivity index (χ2v) is 8.20. The first-order valence-electron chi connectivity index (χ1n) is 10.9. The molecule has 2 aromatic carbocycles. The number of fused-ring (bicyclic) bond motifs is 1. The van der Waals surface area contributed by atoms with E-state index in [0.29, 0.717) is 32.6 Å². The Morgan fingerprint density at radius 3 is 2.48 bits per heavy atom. The van der Waals surface area contributed by atoms with Crippen molar-refractivity contribution < 1.29 is 23.0 Å². The molecule has 1 N–H and O–H groups in total. The molecule has 1 amide bonds. The zero-order chi connectivity index (χ0) is 21.6. The summed E-state index contributed by atoms with van der Waals surface area (Å²) in [5.41, 5.74) is 1.82. The van der Waals surface area contributed by atoms with Crippen molar-refractivity contribution in [3.63, 3.8) is 0 Å². The smallest absolute Gasteiger partial charge is 0.220 e. The monoisotopic (exact) mass is 430 g/mol. The molecule has 0 saturated carbocycles. The number of nitrogens with zero attached hydrogens (tertiary/aromatic N) is 1. The van der Waals surface area contributed by atoms with E-state index >= 15 is 0 Å². The van der Waals surface area contributed by atoms with E-state index in [0.717, 1.165) is 55.0 Å². The second kappa shape index (κ2) is 10.1. The number of amides is 1. The van der Waals surface area contributed by atoms with E-state index in [1.165, 1.54) is 12.1 Å². The number of nitrogens with one attached hydrogen (secondary N) is 1. The molecule has 0 unspecified atom stereocenters. The summed E-state index contributed by atoms with van der Waals surface area (Å²) < 4.78 is 37.8. The quantitative estimate of drug-likeness (QED) is 0.757. The summed E-state index contributed by atoms with van der Waals surface area (Å²) in [5, 5.41) is 3.13. The van der Waals surface area contributed by atoms with E-state index < -0.39 is 11.6 Å². The average Bonchev–Trinajstić information content (AvgIpc) is 3.01. The van der Waals surface area contributed by atoms with Gasteiger partial charge in [-0.3, -0.25) is 9.69 Å². The van der Waals surface area contributed by atoms with Gasteiger partial charge in [-0.05, 0) is 54.7 Å². The summed E-state index contributed by atoms with van der Waals surface area (Å²) in [6, 6.07) is 10.0. The van der Waals surface area contributed by atoms with Crippen molar-refractivity contribution >= 4 is 5.91 Å². The molecule has 166 valence electrons. The number of benzene rings is 2. The van der Waals surface area contributed by atoms with E-state index in [4.69, 9.17) is 9.47 Å². The van der Waals surface area contributed by atoms with Crippen LogP contribution in [0.5, 0.6) is 11.5 Å². The summed E-state index contributed by atoms with van der Waals surface area (Å²) in [6.45, 7) is 3.51. The Morgan fingerprint density at radius 1 is 0.968 bits per heavy atom. The number of carbonyl (C=O) groups is 1. The topological polar surface area (TPSA) is 50.8 Å². The summed E-state index contributed by atoms with van der Waals surface area (Å²) in [6.07, 6.45) is 3.64. The van der Waals surface area contributed by atoms with Gasteiger partial charge in [0.25, 0.3) is 0 Å². The maximum atomic E-state index is 13.4. The van der Waals surface area contributed by atoms with Gasteiger partial charge in [0.2, 0.25) is 5.91 Å². The Kier molecular flexibility index (Phi) is 7.02. The molecule has 2 aliphatic rings. The highest BCUT2D eigenvalue weighted by molar-refractivity contribution is 5.76. The number of rotatable bonds is 6. The molecule has 2 heterocycles. The molecule has 0 aliphatic carbocycles. The van der Waals surface area contributed by atoms with Crippen LogP contribution in [0.3, 0.4) is 0 Å². The number of piperidine rings is 1. The summed E-state index contributed by atoms with van der Waals surface area (Å²) >= 11 is 0. The number of hydrogen-bond donors (Lipinski definition) is 1. The predicted octanol–water partition coefficient (Wildman–Crippen LogP) is 3.84. The molecule has 0 spiro atoms. The van der Waals surface area contributed by atoms with Crippen LogP contribution in [-0.2, 0) is 17.8 Å². The first kappa shape index (κ1) is 21.6. The fourth-order valence-corrected chi connectivity index (χ4v) is 4.05. The van der Waals surface area contributed by atoms with Gasteiger partial charge in [0, 0.05) is 38.5 Å². The van der Waals surface area contributed by atoms with E-state index in [9.17, 15) is 13.6 Å².